The molecule has 1 saturated heterocycles. The summed E-state index contributed by atoms with van der Waals surface area (Å²) in [4.78, 5) is 14.4. The Kier molecular flexibility index (Phi) is 6.99. The highest BCUT2D eigenvalue weighted by atomic mass is 19.1. The lowest BCUT2D eigenvalue weighted by molar-refractivity contribution is 0.174. The van der Waals surface area contributed by atoms with Gasteiger partial charge in [-0.05, 0) is 54.7 Å². The highest BCUT2D eigenvalue weighted by Crippen LogP contribution is 2.26. The van der Waals surface area contributed by atoms with Gasteiger partial charge in [-0.3, -0.25) is 0 Å². The number of piperidine rings is 1. The Hall–Kier alpha value is -3.42. The molecule has 1 aliphatic heterocycles. The van der Waals surface area contributed by atoms with E-state index in [0.717, 1.165) is 36.1 Å². The van der Waals surface area contributed by atoms with Gasteiger partial charge in [0.2, 0.25) is 11.8 Å². The lowest BCUT2D eigenvalue weighted by Gasteiger charge is -2.31. The van der Waals surface area contributed by atoms with Gasteiger partial charge >= 0.3 is 6.03 Å². The van der Waals surface area contributed by atoms with Crippen molar-refractivity contribution in [1.29, 1.82) is 0 Å². The number of carbonyl (C=O) groups is 1. The molecule has 32 heavy (non-hydrogen) atoms. The number of carbonyl (C=O) groups excluding carboxylic acids is 1. The minimum Gasteiger partial charge on any atom is -0.497 e. The Morgan fingerprint density at radius 3 is 2.66 bits per heavy atom. The number of rotatable bonds is 7. The molecule has 3 aromatic rings. The normalized spacial score (nSPS) is 16.1. The zero-order valence-electron chi connectivity index (χ0n) is 18.1. The van der Waals surface area contributed by atoms with E-state index >= 15 is 0 Å². The van der Waals surface area contributed by atoms with Crippen LogP contribution >= 0.6 is 0 Å². The van der Waals surface area contributed by atoms with Gasteiger partial charge in [-0.15, -0.1) is 10.2 Å². The number of nitrogens with zero attached hydrogens (tertiary/aromatic N) is 3. The monoisotopic (exact) mass is 438 g/mol. The molecule has 1 aliphatic rings. The molecule has 0 spiro atoms. The van der Waals surface area contributed by atoms with Crippen LogP contribution in [0.5, 0.6) is 5.75 Å². The van der Waals surface area contributed by atoms with Crippen LogP contribution in [0.25, 0.3) is 0 Å². The smallest absolute Gasteiger partial charge is 0.317 e. The van der Waals surface area contributed by atoms with E-state index in [0.29, 0.717) is 37.8 Å². The molecule has 4 rings (SSSR count). The van der Waals surface area contributed by atoms with E-state index < -0.39 is 0 Å². The molecule has 2 aromatic carbocycles. The zero-order valence-corrected chi connectivity index (χ0v) is 18.1. The molecular weight excluding hydrogens is 411 g/mol. The van der Waals surface area contributed by atoms with Gasteiger partial charge in [-0.2, -0.15) is 0 Å². The van der Waals surface area contributed by atoms with Crippen LogP contribution in [0.1, 0.15) is 41.7 Å². The Balaban J connectivity index is 1.27. The average Bonchev–Trinajstić information content (AvgIpc) is 3.29. The molecule has 0 radical (unpaired) electrons. The van der Waals surface area contributed by atoms with Gasteiger partial charge in [0, 0.05) is 19.6 Å². The van der Waals surface area contributed by atoms with Crippen molar-refractivity contribution < 1.29 is 18.3 Å². The molecule has 2 heterocycles. The van der Waals surface area contributed by atoms with Gasteiger partial charge in [0.25, 0.3) is 0 Å². The third-order valence-electron chi connectivity index (χ3n) is 5.66. The van der Waals surface area contributed by atoms with Crippen molar-refractivity contribution in [3.63, 3.8) is 0 Å². The lowest BCUT2D eigenvalue weighted by Crippen LogP contribution is -2.45. The van der Waals surface area contributed by atoms with Crippen molar-refractivity contribution in [3.8, 4) is 5.75 Å². The van der Waals surface area contributed by atoms with Gasteiger partial charge in [0.15, 0.2) is 0 Å². The first-order valence-corrected chi connectivity index (χ1v) is 10.8. The number of halogens is 1. The van der Waals surface area contributed by atoms with E-state index in [4.69, 9.17) is 9.15 Å². The second-order valence-corrected chi connectivity index (χ2v) is 7.95. The number of ether oxygens (including phenoxy) is 1. The van der Waals surface area contributed by atoms with Crippen molar-refractivity contribution in [3.05, 3.63) is 77.3 Å². The Morgan fingerprint density at radius 1 is 1.16 bits per heavy atom. The Labute approximate surface area is 186 Å². The SMILES string of the molecule is COc1ccc(CCNC(=O)N2CCCC(c3nnc(Cc4ccc(F)cc4)o3)C2)cc1. The van der Waals surface area contributed by atoms with Crippen molar-refractivity contribution in [2.75, 3.05) is 26.7 Å². The summed E-state index contributed by atoms with van der Waals surface area (Å²) < 4.78 is 24.1. The third-order valence-corrected chi connectivity index (χ3v) is 5.66. The van der Waals surface area contributed by atoms with Crippen LogP contribution in [-0.2, 0) is 12.8 Å². The minimum absolute atomic E-state index is 0.0190. The molecule has 1 unspecified atom stereocenters. The highest BCUT2D eigenvalue weighted by Gasteiger charge is 2.28. The van der Waals surface area contributed by atoms with Crippen LogP contribution in [0, 0.1) is 5.82 Å². The summed E-state index contributed by atoms with van der Waals surface area (Å²) in [6.45, 7) is 1.82. The van der Waals surface area contributed by atoms with Gasteiger partial charge in [-0.1, -0.05) is 24.3 Å². The van der Waals surface area contributed by atoms with E-state index in [1.165, 1.54) is 12.1 Å². The number of nitrogens with one attached hydrogen (secondary N) is 1. The van der Waals surface area contributed by atoms with Crippen LogP contribution in [0.4, 0.5) is 9.18 Å². The van der Waals surface area contributed by atoms with E-state index in [9.17, 15) is 9.18 Å². The summed E-state index contributed by atoms with van der Waals surface area (Å²) in [6, 6.07) is 14.0. The molecule has 1 N–H and O–H groups in total. The summed E-state index contributed by atoms with van der Waals surface area (Å²) in [5, 5.41) is 11.3. The fourth-order valence-corrected chi connectivity index (χ4v) is 3.86. The maximum absolute atomic E-state index is 13.1. The zero-order chi connectivity index (χ0) is 22.3. The number of likely N-dealkylation sites (tertiary alicyclic amines) is 1. The number of aromatic nitrogens is 2. The number of amides is 2. The van der Waals surface area contributed by atoms with Gasteiger partial charge in [0.1, 0.15) is 11.6 Å². The maximum Gasteiger partial charge on any atom is 0.317 e. The number of benzene rings is 2. The van der Waals surface area contributed by atoms with Crippen LogP contribution < -0.4 is 10.1 Å². The average molecular weight is 439 g/mol. The summed E-state index contributed by atoms with van der Waals surface area (Å²) in [5.74, 6) is 1.61. The number of hydrogen-bond acceptors (Lipinski definition) is 5. The van der Waals surface area contributed by atoms with Gasteiger partial charge < -0.3 is 19.4 Å². The summed E-state index contributed by atoms with van der Waals surface area (Å²) >= 11 is 0. The van der Waals surface area contributed by atoms with Crippen molar-refractivity contribution in [2.45, 2.75) is 31.6 Å². The van der Waals surface area contributed by atoms with E-state index in [1.54, 1.807) is 19.2 Å². The third kappa shape index (κ3) is 5.63. The molecular formula is C24H27FN4O3. The van der Waals surface area contributed by atoms with Crippen molar-refractivity contribution in [1.82, 2.24) is 20.4 Å². The first-order chi connectivity index (χ1) is 15.6. The molecule has 1 atom stereocenters. The topological polar surface area (TPSA) is 80.5 Å². The Morgan fingerprint density at radius 2 is 1.91 bits per heavy atom. The van der Waals surface area contributed by atoms with Gasteiger partial charge in [0.05, 0.1) is 19.4 Å². The standard InChI is InChI=1S/C24H27FN4O3/c1-31-21-10-6-17(7-11-21)12-13-26-24(30)29-14-2-3-19(16-29)23-28-27-22(32-23)15-18-4-8-20(25)9-5-18/h4-11,19H,2-3,12-16H2,1H3,(H,26,30). The quantitative estimate of drug-likeness (QED) is 0.604. The predicted octanol–water partition coefficient (Wildman–Crippen LogP) is 3.94. The number of methoxy groups -OCH3 is 1. The maximum atomic E-state index is 13.1. The summed E-state index contributed by atoms with van der Waals surface area (Å²) in [7, 11) is 1.64. The molecule has 0 aliphatic carbocycles. The van der Waals surface area contributed by atoms with Gasteiger partial charge in [-0.25, -0.2) is 9.18 Å². The van der Waals surface area contributed by atoms with E-state index in [-0.39, 0.29) is 17.8 Å². The van der Waals surface area contributed by atoms with E-state index in [2.05, 4.69) is 15.5 Å². The van der Waals surface area contributed by atoms with Crippen molar-refractivity contribution in [2.24, 2.45) is 0 Å². The van der Waals surface area contributed by atoms with Crippen LogP contribution in [0.3, 0.4) is 0 Å². The molecule has 7 nitrogen and oxygen atoms in total. The molecule has 0 saturated carbocycles. The molecule has 1 aromatic heterocycles. The summed E-state index contributed by atoms with van der Waals surface area (Å²) in [5.41, 5.74) is 2.05. The second-order valence-electron chi connectivity index (χ2n) is 7.95. The fraction of sp³-hybridized carbons (Fsp3) is 0.375. The molecule has 168 valence electrons. The summed E-state index contributed by atoms with van der Waals surface area (Å²) in [6.07, 6.45) is 2.99. The molecule has 2 amide bonds. The predicted molar refractivity (Wildman–Crippen MR) is 117 cm³/mol. The van der Waals surface area contributed by atoms with Crippen LogP contribution in [0.15, 0.2) is 52.9 Å². The number of hydrogen-bond donors (Lipinski definition) is 1. The second kappa shape index (κ2) is 10.3. The number of urea groups is 1. The first kappa shape index (κ1) is 21.8. The molecule has 8 heteroatoms. The molecule has 0 bridgehead atoms. The highest BCUT2D eigenvalue weighted by molar-refractivity contribution is 5.74. The largest absolute Gasteiger partial charge is 0.497 e. The van der Waals surface area contributed by atoms with Crippen LogP contribution in [0.2, 0.25) is 0 Å². The lowest BCUT2D eigenvalue weighted by atomic mass is 9.98. The van der Waals surface area contributed by atoms with Crippen molar-refractivity contribution >= 4 is 6.03 Å². The Bertz CT molecular complexity index is 1020. The minimum atomic E-state index is -0.274. The first-order valence-electron chi connectivity index (χ1n) is 10.8. The fourth-order valence-electron chi connectivity index (χ4n) is 3.86. The van der Waals surface area contributed by atoms with Crippen LogP contribution in [-0.4, -0.2) is 47.9 Å². The molecule has 1 fully saturated rings. The van der Waals surface area contributed by atoms with E-state index in [1.807, 2.05) is 29.2 Å².